The van der Waals surface area contributed by atoms with Gasteiger partial charge in [-0.15, -0.1) is 0 Å². The second-order valence-electron chi connectivity index (χ2n) is 10.8. The van der Waals surface area contributed by atoms with E-state index in [1.807, 2.05) is 34.5 Å². The largest absolute Gasteiger partial charge is 0.324 e. The zero-order valence-electron chi connectivity index (χ0n) is 27.1. The number of aromatic nitrogens is 1. The average Bonchev–Trinajstić information content (AvgIpc) is 3.85. The van der Waals surface area contributed by atoms with Gasteiger partial charge in [-0.05, 0) is 61.2 Å². The van der Waals surface area contributed by atoms with E-state index < -0.39 is 35.1 Å². The molecular formula is C35H46F4N4O3. The quantitative estimate of drug-likeness (QED) is 0.265. The van der Waals surface area contributed by atoms with E-state index >= 15 is 0 Å². The highest BCUT2D eigenvalue weighted by molar-refractivity contribution is 5.92. The first-order chi connectivity index (χ1) is 22.2. The summed E-state index contributed by atoms with van der Waals surface area (Å²) in [6, 6.07) is 8.67. The van der Waals surface area contributed by atoms with Crippen molar-refractivity contribution in [2.24, 2.45) is 5.92 Å². The summed E-state index contributed by atoms with van der Waals surface area (Å²) in [5, 5.41) is 6.06. The Kier molecular flexibility index (Phi) is 18.9. The summed E-state index contributed by atoms with van der Waals surface area (Å²) < 4.78 is 56.1. The Morgan fingerprint density at radius 3 is 2.09 bits per heavy atom. The van der Waals surface area contributed by atoms with Crippen molar-refractivity contribution in [1.29, 1.82) is 0 Å². The Morgan fingerprint density at radius 2 is 1.54 bits per heavy atom. The first kappa shape index (κ1) is 40.1. The third-order valence-electron chi connectivity index (χ3n) is 7.47. The standard InChI is InChI=1S/C27H28F4N4O.C4H8.C2H6.2CH2O/c1-35-9-8-32-14-22(35)6-7-23-25(31)15-33-16-26(23)34-27(36)13-24(17-2-4-19(28)5-3-17)18-10-20(29)12-21(30)11-18;1-4-2-3-4;3*1-2/h2-5,10-12,15-16,22,24,32H,6-9,13-14H2,1H3,(H,34,36);4H,2-3H2,1H3;1-2H3;2*1H2/t22-,24-;;;;/m0..../s1. The zero-order valence-corrected chi connectivity index (χ0v) is 27.1. The van der Waals surface area contributed by atoms with Crippen molar-refractivity contribution in [3.63, 3.8) is 0 Å². The minimum absolute atomic E-state index is 0.195. The van der Waals surface area contributed by atoms with Crippen molar-refractivity contribution in [3.8, 4) is 0 Å². The number of hydrogen-bond donors (Lipinski definition) is 2. The minimum Gasteiger partial charge on any atom is -0.324 e. The van der Waals surface area contributed by atoms with Crippen molar-refractivity contribution in [3.05, 3.63) is 94.8 Å². The maximum absolute atomic E-state index is 14.7. The predicted molar refractivity (Wildman–Crippen MR) is 174 cm³/mol. The molecule has 46 heavy (non-hydrogen) atoms. The fourth-order valence-electron chi connectivity index (χ4n) is 4.77. The molecule has 0 spiro atoms. The molecule has 0 unspecified atom stereocenters. The molecule has 1 saturated heterocycles. The first-order valence-corrected chi connectivity index (χ1v) is 15.3. The number of halogens is 4. The Balaban J connectivity index is 0.000000935. The van der Waals surface area contributed by atoms with Crippen molar-refractivity contribution in [1.82, 2.24) is 15.2 Å². The molecular weight excluding hydrogens is 600 g/mol. The van der Waals surface area contributed by atoms with Crippen LogP contribution in [0.15, 0.2) is 54.9 Å². The monoisotopic (exact) mass is 646 g/mol. The van der Waals surface area contributed by atoms with Gasteiger partial charge in [-0.3, -0.25) is 9.78 Å². The van der Waals surface area contributed by atoms with Crippen molar-refractivity contribution in [2.45, 2.75) is 64.8 Å². The van der Waals surface area contributed by atoms with Crippen LogP contribution < -0.4 is 10.6 Å². The Bertz CT molecular complexity index is 1300. The molecule has 2 heterocycles. The number of carbonyl (C=O) groups is 3. The van der Waals surface area contributed by atoms with Gasteiger partial charge in [0.1, 0.15) is 36.8 Å². The van der Waals surface area contributed by atoms with Gasteiger partial charge in [0.2, 0.25) is 5.91 Å². The molecule has 1 aliphatic carbocycles. The number of nitrogens with zero attached hydrogens (tertiary/aromatic N) is 2. The minimum atomic E-state index is -0.781. The van der Waals surface area contributed by atoms with Gasteiger partial charge < -0.3 is 25.1 Å². The van der Waals surface area contributed by atoms with E-state index in [1.54, 1.807) is 0 Å². The molecule has 0 bridgehead atoms. The zero-order chi connectivity index (χ0) is 34.6. The molecule has 3 aromatic rings. The molecule has 2 aliphatic rings. The number of benzene rings is 2. The van der Waals surface area contributed by atoms with Gasteiger partial charge in [0, 0.05) is 49.6 Å². The van der Waals surface area contributed by atoms with Crippen molar-refractivity contribution >= 4 is 25.2 Å². The van der Waals surface area contributed by atoms with E-state index in [1.165, 1.54) is 43.3 Å². The Labute approximate surface area is 269 Å². The first-order valence-electron chi connectivity index (χ1n) is 15.3. The third kappa shape index (κ3) is 13.6. The van der Waals surface area contributed by atoms with Crippen LogP contribution in [0.3, 0.4) is 0 Å². The summed E-state index contributed by atoms with van der Waals surface area (Å²) in [5.41, 5.74) is 1.36. The number of likely N-dealkylation sites (N-methyl/N-ethyl adjacent to an activating group) is 1. The number of anilines is 1. The second kappa shape index (κ2) is 21.7. The summed E-state index contributed by atoms with van der Waals surface area (Å²) >= 11 is 0. The highest BCUT2D eigenvalue weighted by Gasteiger charge is 2.23. The smallest absolute Gasteiger partial charge is 0.225 e. The van der Waals surface area contributed by atoms with Crippen LogP contribution in [0, 0.1) is 29.2 Å². The van der Waals surface area contributed by atoms with Gasteiger partial charge in [0.25, 0.3) is 0 Å². The maximum Gasteiger partial charge on any atom is 0.225 e. The third-order valence-corrected chi connectivity index (χ3v) is 7.47. The van der Waals surface area contributed by atoms with Gasteiger partial charge in [-0.1, -0.05) is 45.7 Å². The van der Waals surface area contributed by atoms with Crippen LogP contribution in [0.25, 0.3) is 0 Å². The van der Waals surface area contributed by atoms with E-state index in [0.717, 1.165) is 49.9 Å². The number of pyridine rings is 1. The van der Waals surface area contributed by atoms with Crippen LogP contribution in [-0.4, -0.2) is 62.1 Å². The summed E-state index contributed by atoms with van der Waals surface area (Å²) in [5.74, 6) is -2.70. The normalized spacial score (nSPS) is 16.0. The number of amides is 1. The molecule has 2 atom stereocenters. The molecule has 1 aliphatic heterocycles. The number of piperazine rings is 1. The van der Waals surface area contributed by atoms with E-state index in [0.29, 0.717) is 24.0 Å². The summed E-state index contributed by atoms with van der Waals surface area (Å²) in [6.07, 6.45) is 6.38. The van der Waals surface area contributed by atoms with Crippen LogP contribution in [0.4, 0.5) is 23.2 Å². The SMILES string of the molecule is C=O.C=O.CC.CC1CC1.CN1CCNC[C@@H]1CCc1c(F)cncc1NC(=O)C[C@@H](c1ccc(F)cc1)c1cc(F)cc(F)c1. The van der Waals surface area contributed by atoms with Crippen LogP contribution in [0.1, 0.15) is 69.1 Å². The van der Waals surface area contributed by atoms with Gasteiger partial charge in [-0.2, -0.15) is 0 Å². The highest BCUT2D eigenvalue weighted by Crippen LogP contribution is 2.31. The maximum atomic E-state index is 14.7. The highest BCUT2D eigenvalue weighted by atomic mass is 19.1. The molecule has 5 rings (SSSR count). The molecule has 252 valence electrons. The second-order valence-corrected chi connectivity index (χ2v) is 10.8. The molecule has 2 N–H and O–H groups in total. The lowest BCUT2D eigenvalue weighted by molar-refractivity contribution is -0.116. The number of hydrogen-bond acceptors (Lipinski definition) is 6. The lowest BCUT2D eigenvalue weighted by Crippen LogP contribution is -2.49. The average molecular weight is 647 g/mol. The molecule has 1 amide bonds. The molecule has 2 aromatic carbocycles. The lowest BCUT2D eigenvalue weighted by Gasteiger charge is -2.33. The van der Waals surface area contributed by atoms with Crippen molar-refractivity contribution in [2.75, 3.05) is 32.0 Å². The molecule has 1 saturated carbocycles. The van der Waals surface area contributed by atoms with E-state index in [4.69, 9.17) is 9.59 Å². The number of rotatable bonds is 8. The van der Waals surface area contributed by atoms with Crippen LogP contribution in [0.5, 0.6) is 0 Å². The Hall–Kier alpha value is -3.96. The molecule has 7 nitrogen and oxygen atoms in total. The predicted octanol–water partition coefficient (Wildman–Crippen LogP) is 6.71. The van der Waals surface area contributed by atoms with Gasteiger partial charge in [0.15, 0.2) is 0 Å². The van der Waals surface area contributed by atoms with Crippen LogP contribution in [0.2, 0.25) is 0 Å². The lowest BCUT2D eigenvalue weighted by atomic mass is 9.88. The fraction of sp³-hybridized carbons (Fsp3) is 0.429. The molecule has 1 aromatic heterocycles. The van der Waals surface area contributed by atoms with Crippen LogP contribution >= 0.6 is 0 Å². The number of carbonyl (C=O) groups excluding carboxylic acids is 3. The molecule has 0 radical (unpaired) electrons. The number of nitrogens with one attached hydrogen (secondary N) is 2. The van der Waals surface area contributed by atoms with E-state index in [2.05, 4.69) is 27.4 Å². The van der Waals surface area contributed by atoms with E-state index in [9.17, 15) is 22.4 Å². The van der Waals surface area contributed by atoms with E-state index in [-0.39, 0.29) is 23.7 Å². The topological polar surface area (TPSA) is 91.4 Å². The summed E-state index contributed by atoms with van der Waals surface area (Å²) in [4.78, 5) is 35.2. The summed E-state index contributed by atoms with van der Waals surface area (Å²) in [7, 11) is 2.03. The molecule has 2 fully saturated rings. The van der Waals surface area contributed by atoms with Crippen molar-refractivity contribution < 1.29 is 31.9 Å². The van der Waals surface area contributed by atoms with Gasteiger partial charge in [-0.25, -0.2) is 17.6 Å². The van der Waals surface area contributed by atoms with Gasteiger partial charge in [0.05, 0.1) is 18.1 Å². The summed E-state index contributed by atoms with van der Waals surface area (Å²) in [6.45, 7) is 12.9. The fourth-order valence-corrected chi connectivity index (χ4v) is 4.77. The Morgan fingerprint density at radius 1 is 0.957 bits per heavy atom. The molecule has 11 heteroatoms. The van der Waals surface area contributed by atoms with Crippen LogP contribution in [-0.2, 0) is 20.8 Å². The van der Waals surface area contributed by atoms with Gasteiger partial charge >= 0.3 is 0 Å².